The lowest BCUT2D eigenvalue weighted by Crippen LogP contribution is -2.29. The van der Waals surface area contributed by atoms with Gasteiger partial charge in [-0.2, -0.15) is 0 Å². The molecule has 0 radical (unpaired) electrons. The van der Waals surface area contributed by atoms with E-state index in [1.165, 1.54) is 12.2 Å². The van der Waals surface area contributed by atoms with Crippen LogP contribution >= 0.6 is 0 Å². The van der Waals surface area contributed by atoms with E-state index in [2.05, 4.69) is 6.92 Å². The third kappa shape index (κ3) is 5.77. The Labute approximate surface area is 148 Å². The van der Waals surface area contributed by atoms with Crippen molar-refractivity contribution in [1.29, 1.82) is 0 Å². The van der Waals surface area contributed by atoms with Crippen molar-refractivity contribution in [2.24, 2.45) is 0 Å². The van der Waals surface area contributed by atoms with Gasteiger partial charge in [-0.15, -0.1) is 0 Å². The van der Waals surface area contributed by atoms with E-state index in [-0.39, 0.29) is 24.2 Å². The molecule has 0 spiro atoms. The summed E-state index contributed by atoms with van der Waals surface area (Å²) in [4.78, 5) is 34.8. The molecule has 1 aromatic rings. The summed E-state index contributed by atoms with van der Waals surface area (Å²) < 4.78 is 5.40. The second-order valence-corrected chi connectivity index (χ2v) is 6.50. The first-order valence-electron chi connectivity index (χ1n) is 8.46. The average Bonchev–Trinajstić information content (AvgIpc) is 2.90. The Balaban J connectivity index is 1.69. The molecule has 1 aliphatic heterocycles. The van der Waals surface area contributed by atoms with E-state index < -0.39 is 0 Å². The lowest BCUT2D eigenvalue weighted by atomic mass is 10.0. The van der Waals surface area contributed by atoms with Gasteiger partial charge in [0.25, 0.3) is 11.8 Å². The van der Waals surface area contributed by atoms with Crippen LogP contribution in [0.3, 0.4) is 0 Å². The van der Waals surface area contributed by atoms with Gasteiger partial charge in [0.1, 0.15) is 0 Å². The molecular weight excluding hydrogens is 322 g/mol. The molecule has 1 aliphatic rings. The van der Waals surface area contributed by atoms with Crippen LogP contribution in [0.2, 0.25) is 0 Å². The zero-order valence-electron chi connectivity index (χ0n) is 15.0. The fraction of sp³-hybridized carbons (Fsp3) is 0.474. The van der Waals surface area contributed by atoms with Gasteiger partial charge in [0.15, 0.2) is 6.79 Å². The quantitative estimate of drug-likeness (QED) is 0.214. The minimum Gasteiger partial charge on any atom is -0.352 e. The van der Waals surface area contributed by atoms with Gasteiger partial charge in [0, 0.05) is 12.2 Å². The van der Waals surface area contributed by atoms with E-state index in [9.17, 15) is 9.59 Å². The molecule has 6 nitrogen and oxygen atoms in total. The SMILES string of the molecule is CCCC(C)(C)OOCOCCc1ccc(N2C(=O)C=CC2=O)cc1. The molecule has 1 heterocycles. The van der Waals surface area contributed by atoms with Crippen LogP contribution in [0.15, 0.2) is 36.4 Å². The second kappa shape index (κ2) is 8.89. The standard InChI is InChI=1S/C19H25NO5/c1-4-12-19(2,3)25-24-14-23-13-11-15-5-7-16(8-6-15)20-17(21)9-10-18(20)22/h5-10H,4,11-14H2,1-3H3. The molecule has 2 rings (SSSR count). The van der Waals surface area contributed by atoms with Crippen molar-refractivity contribution in [3.05, 3.63) is 42.0 Å². The Morgan fingerprint density at radius 3 is 2.28 bits per heavy atom. The molecule has 0 saturated carbocycles. The largest absolute Gasteiger partial charge is 0.352 e. The molecule has 0 aromatic heterocycles. The zero-order chi connectivity index (χ0) is 18.3. The van der Waals surface area contributed by atoms with Crippen molar-refractivity contribution in [3.8, 4) is 0 Å². The Morgan fingerprint density at radius 1 is 1.04 bits per heavy atom. The number of anilines is 1. The first-order chi connectivity index (χ1) is 11.9. The number of rotatable bonds is 10. The van der Waals surface area contributed by atoms with Gasteiger partial charge < -0.3 is 4.74 Å². The van der Waals surface area contributed by atoms with Crippen LogP contribution in [-0.4, -0.2) is 30.8 Å². The van der Waals surface area contributed by atoms with E-state index in [1.54, 1.807) is 12.1 Å². The highest BCUT2D eigenvalue weighted by Crippen LogP contribution is 2.20. The summed E-state index contributed by atoms with van der Waals surface area (Å²) in [6.07, 6.45) is 5.18. The van der Waals surface area contributed by atoms with Crippen LogP contribution in [0.5, 0.6) is 0 Å². The van der Waals surface area contributed by atoms with Gasteiger partial charge in [0.2, 0.25) is 0 Å². The monoisotopic (exact) mass is 347 g/mol. The molecule has 0 fully saturated rings. The summed E-state index contributed by atoms with van der Waals surface area (Å²) in [7, 11) is 0. The number of carbonyl (C=O) groups is 2. The van der Waals surface area contributed by atoms with Gasteiger partial charge in [-0.25, -0.2) is 14.7 Å². The Morgan fingerprint density at radius 2 is 1.68 bits per heavy atom. The Bertz CT molecular complexity index is 603. The normalized spacial score (nSPS) is 14.6. The van der Waals surface area contributed by atoms with E-state index >= 15 is 0 Å². The number of imide groups is 1. The van der Waals surface area contributed by atoms with Gasteiger partial charge in [-0.05, 0) is 44.4 Å². The van der Waals surface area contributed by atoms with Gasteiger partial charge >= 0.3 is 0 Å². The average molecular weight is 347 g/mol. The zero-order valence-corrected chi connectivity index (χ0v) is 15.0. The first kappa shape index (κ1) is 19.3. The topological polar surface area (TPSA) is 65.1 Å². The van der Waals surface area contributed by atoms with Gasteiger partial charge in [-0.1, -0.05) is 25.5 Å². The third-order valence-electron chi connectivity index (χ3n) is 3.81. The van der Waals surface area contributed by atoms with Crippen molar-refractivity contribution in [3.63, 3.8) is 0 Å². The summed E-state index contributed by atoms with van der Waals surface area (Å²) in [6.45, 7) is 6.61. The lowest BCUT2D eigenvalue weighted by molar-refractivity contribution is -0.385. The van der Waals surface area contributed by atoms with Crippen LogP contribution in [0.25, 0.3) is 0 Å². The molecule has 0 atom stereocenters. The maximum atomic E-state index is 11.6. The molecule has 136 valence electrons. The van der Waals surface area contributed by atoms with Crippen molar-refractivity contribution in [1.82, 2.24) is 0 Å². The molecular formula is C19H25NO5. The van der Waals surface area contributed by atoms with Crippen LogP contribution < -0.4 is 4.90 Å². The van der Waals surface area contributed by atoms with Crippen molar-refractivity contribution < 1.29 is 24.1 Å². The Hall–Kier alpha value is -2.02. The van der Waals surface area contributed by atoms with Crippen molar-refractivity contribution in [2.45, 2.75) is 45.6 Å². The van der Waals surface area contributed by atoms with Crippen molar-refractivity contribution >= 4 is 17.5 Å². The molecule has 6 heteroatoms. The first-order valence-corrected chi connectivity index (χ1v) is 8.46. The number of amides is 2. The molecule has 25 heavy (non-hydrogen) atoms. The third-order valence-corrected chi connectivity index (χ3v) is 3.81. The van der Waals surface area contributed by atoms with Crippen LogP contribution in [0.1, 0.15) is 39.2 Å². The summed E-state index contributed by atoms with van der Waals surface area (Å²) in [5, 5.41) is 0. The molecule has 0 saturated heterocycles. The van der Waals surface area contributed by atoms with Gasteiger partial charge in [-0.3, -0.25) is 9.59 Å². The molecule has 0 unspecified atom stereocenters. The lowest BCUT2D eigenvalue weighted by Gasteiger charge is -2.22. The molecule has 0 bridgehead atoms. The van der Waals surface area contributed by atoms with Crippen LogP contribution in [0, 0.1) is 0 Å². The highest BCUT2D eigenvalue weighted by Gasteiger charge is 2.24. The smallest absolute Gasteiger partial charge is 0.258 e. The summed E-state index contributed by atoms with van der Waals surface area (Å²) in [5.74, 6) is -0.631. The minimum absolute atomic E-state index is 0.0771. The fourth-order valence-corrected chi connectivity index (χ4v) is 2.58. The number of benzene rings is 1. The van der Waals surface area contributed by atoms with Gasteiger partial charge in [0.05, 0.1) is 17.9 Å². The summed E-state index contributed by atoms with van der Waals surface area (Å²) in [6, 6.07) is 7.26. The molecule has 2 amide bonds. The number of hydrogen-bond acceptors (Lipinski definition) is 5. The van der Waals surface area contributed by atoms with Crippen molar-refractivity contribution in [2.75, 3.05) is 18.3 Å². The van der Waals surface area contributed by atoms with E-state index in [1.807, 2.05) is 26.0 Å². The maximum absolute atomic E-state index is 11.6. The Kier molecular flexibility index (Phi) is 6.87. The highest BCUT2D eigenvalue weighted by atomic mass is 17.2. The molecule has 0 aliphatic carbocycles. The minimum atomic E-state index is -0.316. The highest BCUT2D eigenvalue weighted by molar-refractivity contribution is 6.28. The summed E-state index contributed by atoms with van der Waals surface area (Å²) in [5.41, 5.74) is 1.30. The van der Waals surface area contributed by atoms with E-state index in [4.69, 9.17) is 14.5 Å². The van der Waals surface area contributed by atoms with E-state index in [0.717, 1.165) is 23.3 Å². The number of nitrogens with zero attached hydrogens (tertiary/aromatic N) is 1. The number of hydrogen-bond donors (Lipinski definition) is 0. The van der Waals surface area contributed by atoms with E-state index in [0.29, 0.717) is 18.7 Å². The summed E-state index contributed by atoms with van der Waals surface area (Å²) >= 11 is 0. The number of carbonyl (C=O) groups excluding carboxylic acids is 2. The molecule has 1 aromatic carbocycles. The molecule has 0 N–H and O–H groups in total. The maximum Gasteiger partial charge on any atom is 0.258 e. The predicted molar refractivity (Wildman–Crippen MR) is 93.8 cm³/mol. The predicted octanol–water partition coefficient (Wildman–Crippen LogP) is 3.16. The fourth-order valence-electron chi connectivity index (χ4n) is 2.58. The van der Waals surface area contributed by atoms with Crippen LogP contribution in [-0.2, 0) is 30.5 Å². The number of ether oxygens (including phenoxy) is 1. The second-order valence-electron chi connectivity index (χ2n) is 6.50. The van der Waals surface area contributed by atoms with Crippen LogP contribution in [0.4, 0.5) is 5.69 Å².